The number of hydrogen-bond acceptors (Lipinski definition) is 12. The highest BCUT2D eigenvalue weighted by Gasteiger charge is 2.59. The van der Waals surface area contributed by atoms with Crippen molar-refractivity contribution in [3.63, 3.8) is 0 Å². The Kier molecular flexibility index (Phi) is 11.3. The van der Waals surface area contributed by atoms with Crippen LogP contribution in [-0.2, 0) is 54.0 Å². The second kappa shape index (κ2) is 14.4. The summed E-state index contributed by atoms with van der Waals surface area (Å²) in [4.78, 5) is 47.3. The van der Waals surface area contributed by atoms with Gasteiger partial charge in [-0.05, 0) is 37.0 Å². The highest BCUT2D eigenvalue weighted by Crippen LogP contribution is 2.37. The van der Waals surface area contributed by atoms with Gasteiger partial charge in [0, 0.05) is 40.0 Å². The SMILES string of the molecule is CC(=O)OC[C@H]1O[C@](O)(CCCCc2ccc(OCC3COC3)cc2)[C@H](OC(C)=O)[C@@H](OC(C)=O)[C@@H]1OC(C)=O. The number of carbonyl (C=O) groups excluding carboxylic acids is 4. The normalized spacial score (nSPS) is 26.2. The molecule has 1 N–H and O–H groups in total. The monoisotopic (exact) mass is 566 g/mol. The molecular weight excluding hydrogens is 528 g/mol. The van der Waals surface area contributed by atoms with Gasteiger partial charge in [-0.25, -0.2) is 0 Å². The maximum absolute atomic E-state index is 12.0. The number of unbranched alkanes of at least 4 members (excludes halogenated alkanes) is 1. The van der Waals surface area contributed by atoms with Gasteiger partial charge in [0.05, 0.1) is 19.8 Å². The Morgan fingerprint density at radius 1 is 0.850 bits per heavy atom. The third kappa shape index (κ3) is 9.17. The van der Waals surface area contributed by atoms with E-state index in [4.69, 9.17) is 33.2 Å². The van der Waals surface area contributed by atoms with Gasteiger partial charge in [0.25, 0.3) is 0 Å². The molecule has 0 radical (unpaired) electrons. The number of ether oxygens (including phenoxy) is 7. The van der Waals surface area contributed by atoms with Crippen LogP contribution in [0.25, 0.3) is 0 Å². The van der Waals surface area contributed by atoms with Gasteiger partial charge in [-0.2, -0.15) is 0 Å². The lowest BCUT2D eigenvalue weighted by atomic mass is 9.88. The molecule has 1 aromatic carbocycles. The van der Waals surface area contributed by atoms with E-state index in [1.807, 2.05) is 24.3 Å². The van der Waals surface area contributed by atoms with Gasteiger partial charge in [-0.1, -0.05) is 12.1 Å². The van der Waals surface area contributed by atoms with Crippen molar-refractivity contribution in [1.29, 1.82) is 0 Å². The molecule has 2 aliphatic rings. The Morgan fingerprint density at radius 3 is 2.02 bits per heavy atom. The van der Waals surface area contributed by atoms with Gasteiger partial charge in [0.2, 0.25) is 5.79 Å². The average Bonchev–Trinajstić information content (AvgIpc) is 2.84. The first kappa shape index (κ1) is 31.3. The van der Waals surface area contributed by atoms with E-state index in [2.05, 4.69) is 0 Å². The number of aliphatic hydroxyl groups is 1. The topological polar surface area (TPSA) is 153 Å². The van der Waals surface area contributed by atoms with E-state index in [1.54, 1.807) is 0 Å². The Balaban J connectivity index is 1.69. The molecule has 2 saturated heterocycles. The summed E-state index contributed by atoms with van der Waals surface area (Å²) in [6, 6.07) is 7.75. The van der Waals surface area contributed by atoms with E-state index in [0.717, 1.165) is 45.3 Å². The van der Waals surface area contributed by atoms with Crippen LogP contribution in [0.3, 0.4) is 0 Å². The van der Waals surface area contributed by atoms with Gasteiger partial charge in [-0.15, -0.1) is 0 Å². The lowest BCUT2D eigenvalue weighted by Crippen LogP contribution is -2.68. The van der Waals surface area contributed by atoms with Crippen molar-refractivity contribution >= 4 is 23.9 Å². The number of benzene rings is 1. The van der Waals surface area contributed by atoms with Crippen molar-refractivity contribution in [1.82, 2.24) is 0 Å². The maximum atomic E-state index is 12.0. The van der Waals surface area contributed by atoms with Crippen molar-refractivity contribution in [2.45, 2.75) is 83.6 Å². The van der Waals surface area contributed by atoms with Crippen molar-refractivity contribution in [2.24, 2.45) is 5.92 Å². The van der Waals surface area contributed by atoms with E-state index < -0.39 is 60.7 Å². The average molecular weight is 567 g/mol. The third-order valence-electron chi connectivity index (χ3n) is 6.50. The van der Waals surface area contributed by atoms with Crippen LogP contribution in [0.5, 0.6) is 5.75 Å². The van der Waals surface area contributed by atoms with Crippen molar-refractivity contribution in [3.8, 4) is 5.75 Å². The number of hydrogen-bond donors (Lipinski definition) is 1. The van der Waals surface area contributed by atoms with Gasteiger partial charge >= 0.3 is 23.9 Å². The molecular formula is C28H38O12. The largest absolute Gasteiger partial charge is 0.493 e. The van der Waals surface area contributed by atoms with E-state index in [1.165, 1.54) is 6.92 Å². The molecule has 40 heavy (non-hydrogen) atoms. The fraction of sp³-hybridized carbons (Fsp3) is 0.643. The summed E-state index contributed by atoms with van der Waals surface area (Å²) < 4.78 is 38.0. The van der Waals surface area contributed by atoms with Gasteiger partial charge < -0.3 is 38.3 Å². The van der Waals surface area contributed by atoms with Gasteiger partial charge in [0.15, 0.2) is 18.3 Å². The first-order chi connectivity index (χ1) is 19.0. The standard InChI is InChI=1S/C28H38O12/c1-17(29)35-16-24-25(37-18(2)30)26(38-19(3)31)27(39-20(4)32)28(33,40-24)12-6-5-7-21-8-10-23(11-9-21)36-15-22-13-34-14-22/h8-11,22,24-27,33H,5-7,12-16H2,1-4H3/t24-,25-,26+,27-,28-/m1/s1. The molecule has 0 saturated carbocycles. The molecule has 12 heteroatoms. The van der Waals surface area contributed by atoms with E-state index in [9.17, 15) is 24.3 Å². The summed E-state index contributed by atoms with van der Waals surface area (Å²) in [5.41, 5.74) is 1.06. The van der Waals surface area contributed by atoms with Crippen molar-refractivity contribution in [3.05, 3.63) is 29.8 Å². The summed E-state index contributed by atoms with van der Waals surface area (Å²) >= 11 is 0. The maximum Gasteiger partial charge on any atom is 0.303 e. The number of rotatable bonds is 13. The minimum Gasteiger partial charge on any atom is -0.493 e. The van der Waals surface area contributed by atoms with Crippen LogP contribution in [-0.4, -0.2) is 85.6 Å². The molecule has 0 unspecified atom stereocenters. The molecule has 2 fully saturated rings. The number of carbonyl (C=O) groups is 4. The van der Waals surface area contributed by atoms with Crippen molar-refractivity contribution < 1.29 is 57.4 Å². The van der Waals surface area contributed by atoms with Crippen LogP contribution in [0, 0.1) is 5.92 Å². The molecule has 1 aromatic rings. The third-order valence-corrected chi connectivity index (χ3v) is 6.50. The fourth-order valence-electron chi connectivity index (χ4n) is 4.61. The molecule has 0 aliphatic carbocycles. The zero-order chi connectivity index (χ0) is 29.3. The Morgan fingerprint density at radius 2 is 1.48 bits per heavy atom. The Labute approximate surface area is 233 Å². The zero-order valence-electron chi connectivity index (χ0n) is 23.3. The van der Waals surface area contributed by atoms with Crippen LogP contribution in [0.4, 0.5) is 0 Å². The summed E-state index contributed by atoms with van der Waals surface area (Å²) in [5, 5.41) is 11.6. The molecule has 222 valence electrons. The summed E-state index contributed by atoms with van der Waals surface area (Å²) in [6.07, 6.45) is -3.70. The van der Waals surface area contributed by atoms with Crippen LogP contribution >= 0.6 is 0 Å². The second-order valence-corrected chi connectivity index (χ2v) is 10.0. The van der Waals surface area contributed by atoms with Crippen LogP contribution in [0.1, 0.15) is 52.5 Å². The molecule has 0 amide bonds. The van der Waals surface area contributed by atoms with E-state index in [-0.39, 0.29) is 6.42 Å². The second-order valence-electron chi connectivity index (χ2n) is 10.0. The lowest BCUT2D eigenvalue weighted by molar-refractivity contribution is -0.354. The Hall–Kier alpha value is -3.22. The van der Waals surface area contributed by atoms with Gasteiger partial charge in [0.1, 0.15) is 18.5 Å². The predicted octanol–water partition coefficient (Wildman–Crippen LogP) is 1.87. The minimum absolute atomic E-state index is 0.0171. The summed E-state index contributed by atoms with van der Waals surface area (Å²) in [6.45, 7) is 6.25. The molecule has 0 bridgehead atoms. The van der Waals surface area contributed by atoms with E-state index >= 15 is 0 Å². The minimum atomic E-state index is -2.13. The Bertz CT molecular complexity index is 1020. The first-order valence-electron chi connectivity index (χ1n) is 13.3. The number of esters is 4. The molecule has 12 nitrogen and oxygen atoms in total. The van der Waals surface area contributed by atoms with Crippen molar-refractivity contribution in [2.75, 3.05) is 26.4 Å². The summed E-state index contributed by atoms with van der Waals surface area (Å²) in [7, 11) is 0. The van der Waals surface area contributed by atoms with E-state index in [0.29, 0.717) is 31.8 Å². The van der Waals surface area contributed by atoms with Crippen LogP contribution in [0.2, 0.25) is 0 Å². The zero-order valence-corrected chi connectivity index (χ0v) is 23.3. The summed E-state index contributed by atoms with van der Waals surface area (Å²) in [5.74, 6) is -3.81. The smallest absolute Gasteiger partial charge is 0.303 e. The predicted molar refractivity (Wildman–Crippen MR) is 137 cm³/mol. The highest BCUT2D eigenvalue weighted by atomic mass is 16.7. The molecule has 0 spiro atoms. The molecule has 5 atom stereocenters. The molecule has 0 aromatic heterocycles. The quantitative estimate of drug-likeness (QED) is 0.211. The fourth-order valence-corrected chi connectivity index (χ4v) is 4.61. The lowest BCUT2D eigenvalue weighted by Gasteiger charge is -2.48. The van der Waals surface area contributed by atoms with Crippen LogP contribution < -0.4 is 4.74 Å². The van der Waals surface area contributed by atoms with Gasteiger partial charge in [-0.3, -0.25) is 19.2 Å². The number of aryl methyl sites for hydroxylation is 1. The molecule has 2 heterocycles. The molecule has 2 aliphatic heterocycles. The highest BCUT2D eigenvalue weighted by molar-refractivity contribution is 5.68. The molecule has 3 rings (SSSR count). The van der Waals surface area contributed by atoms with Crippen LogP contribution in [0.15, 0.2) is 24.3 Å². The first-order valence-corrected chi connectivity index (χ1v) is 13.3.